The lowest BCUT2D eigenvalue weighted by Gasteiger charge is -2.07. The molecule has 0 saturated heterocycles. The third-order valence-electron chi connectivity index (χ3n) is 4.27. The first-order valence-electron chi connectivity index (χ1n) is 8.58. The van der Waals surface area contributed by atoms with E-state index in [1.165, 1.54) is 10.9 Å². The smallest absolute Gasteiger partial charge is 0.278 e. The molecular weight excluding hydrogens is 352 g/mol. The molecule has 0 atom stereocenters. The third-order valence-corrected chi connectivity index (χ3v) is 4.52. The molecule has 3 rings (SSSR count). The van der Waals surface area contributed by atoms with Crippen LogP contribution in [0.1, 0.15) is 19.8 Å². The first kappa shape index (κ1) is 18.2. The summed E-state index contributed by atoms with van der Waals surface area (Å²) in [7, 11) is 1.80. The van der Waals surface area contributed by atoms with Gasteiger partial charge < -0.3 is 9.88 Å². The zero-order chi connectivity index (χ0) is 18.7. The fraction of sp³-hybridized carbons (Fsp3) is 0.316. The molecule has 1 aromatic carbocycles. The van der Waals surface area contributed by atoms with Crippen molar-refractivity contribution in [1.82, 2.24) is 19.4 Å². The Morgan fingerprint density at radius 1 is 1.27 bits per heavy atom. The predicted octanol–water partition coefficient (Wildman–Crippen LogP) is 2.97. The maximum atomic E-state index is 12.8. The molecule has 0 bridgehead atoms. The summed E-state index contributed by atoms with van der Waals surface area (Å²) in [6.45, 7) is 2.64. The molecule has 26 heavy (non-hydrogen) atoms. The van der Waals surface area contributed by atoms with Crippen molar-refractivity contribution >= 4 is 28.5 Å². The number of rotatable bonds is 6. The number of fused-ring (bicyclic) bond motifs is 1. The molecular formula is C19H21ClN4O2. The number of aromatic nitrogens is 3. The van der Waals surface area contributed by atoms with Gasteiger partial charge in [-0.05, 0) is 24.1 Å². The molecule has 0 radical (unpaired) electrons. The number of nitrogens with zero attached hydrogens (tertiary/aromatic N) is 3. The fourth-order valence-corrected chi connectivity index (χ4v) is 3.01. The van der Waals surface area contributed by atoms with E-state index in [4.69, 9.17) is 11.6 Å². The molecule has 0 aliphatic rings. The second-order valence-electron chi connectivity index (χ2n) is 6.24. The van der Waals surface area contributed by atoms with E-state index in [9.17, 15) is 9.59 Å². The molecule has 0 spiro atoms. The molecule has 136 valence electrons. The van der Waals surface area contributed by atoms with Gasteiger partial charge in [-0.15, -0.1) is 0 Å². The van der Waals surface area contributed by atoms with Gasteiger partial charge in [0.15, 0.2) is 0 Å². The molecule has 1 amide bonds. The summed E-state index contributed by atoms with van der Waals surface area (Å²) in [5.41, 5.74) is 2.64. The topological polar surface area (TPSA) is 68.9 Å². The Hall–Kier alpha value is -2.60. The monoisotopic (exact) mass is 372 g/mol. The van der Waals surface area contributed by atoms with Crippen molar-refractivity contribution in [1.29, 1.82) is 0 Å². The van der Waals surface area contributed by atoms with E-state index in [0.717, 1.165) is 24.0 Å². The largest absolute Gasteiger partial charge is 0.355 e. The van der Waals surface area contributed by atoms with Crippen molar-refractivity contribution in [2.45, 2.75) is 26.3 Å². The Labute approximate surface area is 156 Å². The van der Waals surface area contributed by atoms with Gasteiger partial charge in [-0.2, -0.15) is 0 Å². The van der Waals surface area contributed by atoms with Gasteiger partial charge in [-0.25, -0.2) is 4.98 Å². The number of carbonyl (C=O) groups excluding carboxylic acids is 1. The maximum absolute atomic E-state index is 12.8. The summed E-state index contributed by atoms with van der Waals surface area (Å²) in [5, 5.41) is 3.46. The third kappa shape index (κ3) is 3.65. The van der Waals surface area contributed by atoms with Gasteiger partial charge in [0.2, 0.25) is 5.91 Å². The Bertz CT molecular complexity index is 989. The highest BCUT2D eigenvalue weighted by Gasteiger charge is 2.15. The summed E-state index contributed by atoms with van der Waals surface area (Å²) in [5.74, 6) is -0.186. The zero-order valence-electron chi connectivity index (χ0n) is 14.8. The van der Waals surface area contributed by atoms with E-state index in [1.54, 1.807) is 23.7 Å². The highest BCUT2D eigenvalue weighted by molar-refractivity contribution is 6.30. The van der Waals surface area contributed by atoms with E-state index in [1.807, 2.05) is 18.3 Å². The van der Waals surface area contributed by atoms with E-state index in [0.29, 0.717) is 22.6 Å². The van der Waals surface area contributed by atoms with Crippen LogP contribution in [0.25, 0.3) is 22.2 Å². The first-order chi connectivity index (χ1) is 12.5. The molecule has 3 aromatic rings. The van der Waals surface area contributed by atoms with Crippen LogP contribution in [0.5, 0.6) is 0 Å². The average Bonchev–Trinajstić information content (AvgIpc) is 2.96. The fourth-order valence-electron chi connectivity index (χ4n) is 2.88. The summed E-state index contributed by atoms with van der Waals surface area (Å²) in [4.78, 5) is 29.3. The van der Waals surface area contributed by atoms with Crippen LogP contribution in [-0.2, 0) is 18.4 Å². The Morgan fingerprint density at radius 3 is 2.69 bits per heavy atom. The summed E-state index contributed by atoms with van der Waals surface area (Å²) in [6.07, 6.45) is 5.22. The minimum Gasteiger partial charge on any atom is -0.355 e. The van der Waals surface area contributed by atoms with Crippen molar-refractivity contribution in [2.75, 3.05) is 6.54 Å². The maximum Gasteiger partial charge on any atom is 0.278 e. The van der Waals surface area contributed by atoms with Crippen LogP contribution in [0.2, 0.25) is 5.02 Å². The lowest BCUT2D eigenvalue weighted by atomic mass is 10.1. The Kier molecular flexibility index (Phi) is 5.42. The molecule has 2 heterocycles. The van der Waals surface area contributed by atoms with E-state index < -0.39 is 0 Å². The summed E-state index contributed by atoms with van der Waals surface area (Å²) >= 11 is 5.95. The number of hydrogen-bond acceptors (Lipinski definition) is 3. The van der Waals surface area contributed by atoms with E-state index in [2.05, 4.69) is 17.2 Å². The predicted molar refractivity (Wildman–Crippen MR) is 103 cm³/mol. The van der Waals surface area contributed by atoms with Gasteiger partial charge in [0, 0.05) is 30.4 Å². The second-order valence-corrected chi connectivity index (χ2v) is 6.68. The van der Waals surface area contributed by atoms with Crippen LogP contribution in [0, 0.1) is 0 Å². The zero-order valence-corrected chi connectivity index (χ0v) is 15.6. The normalized spacial score (nSPS) is 11.0. The van der Waals surface area contributed by atoms with Gasteiger partial charge in [0.25, 0.3) is 5.56 Å². The van der Waals surface area contributed by atoms with Crippen LogP contribution >= 0.6 is 11.6 Å². The van der Waals surface area contributed by atoms with E-state index >= 15 is 0 Å². The molecule has 7 heteroatoms. The quantitative estimate of drug-likeness (QED) is 0.676. The Morgan fingerprint density at radius 2 is 2.00 bits per heavy atom. The standard InChI is InChI=1S/C19H21ClN4O2/c1-3-4-9-21-16(25)11-24-12-22-17-15(10-23(2)18(17)19(24)26)13-5-7-14(20)8-6-13/h5-8,10,12H,3-4,9,11H2,1-2H3,(H,21,25). The number of amides is 1. The number of hydrogen-bond donors (Lipinski definition) is 1. The van der Waals surface area contributed by atoms with Crippen molar-refractivity contribution in [3.05, 3.63) is 52.2 Å². The second kappa shape index (κ2) is 7.74. The molecule has 0 aliphatic heterocycles. The van der Waals surface area contributed by atoms with Crippen LogP contribution in [0.3, 0.4) is 0 Å². The lowest BCUT2D eigenvalue weighted by molar-refractivity contribution is -0.121. The average molecular weight is 373 g/mol. The van der Waals surface area contributed by atoms with Crippen molar-refractivity contribution in [2.24, 2.45) is 7.05 Å². The minimum atomic E-state index is -0.233. The van der Waals surface area contributed by atoms with Gasteiger partial charge >= 0.3 is 0 Å². The number of carbonyl (C=O) groups is 1. The highest BCUT2D eigenvalue weighted by atomic mass is 35.5. The molecule has 6 nitrogen and oxygen atoms in total. The molecule has 0 saturated carbocycles. The number of aryl methyl sites for hydroxylation is 1. The number of nitrogens with one attached hydrogen (secondary N) is 1. The van der Waals surface area contributed by atoms with Gasteiger partial charge in [0.1, 0.15) is 17.6 Å². The molecule has 0 fully saturated rings. The van der Waals surface area contributed by atoms with Crippen molar-refractivity contribution < 1.29 is 4.79 Å². The minimum absolute atomic E-state index is 0.0348. The number of benzene rings is 1. The van der Waals surface area contributed by atoms with Crippen LogP contribution in [0.15, 0.2) is 41.6 Å². The first-order valence-corrected chi connectivity index (χ1v) is 8.96. The van der Waals surface area contributed by atoms with Gasteiger partial charge in [0.05, 0.1) is 6.33 Å². The van der Waals surface area contributed by atoms with Gasteiger partial charge in [-0.1, -0.05) is 37.1 Å². The van der Waals surface area contributed by atoms with Crippen molar-refractivity contribution in [3.63, 3.8) is 0 Å². The SMILES string of the molecule is CCCCNC(=O)Cn1cnc2c(-c3ccc(Cl)cc3)cn(C)c2c1=O. The van der Waals surface area contributed by atoms with Crippen LogP contribution < -0.4 is 10.9 Å². The van der Waals surface area contributed by atoms with E-state index in [-0.39, 0.29) is 18.0 Å². The van der Waals surface area contributed by atoms with Crippen LogP contribution in [-0.4, -0.2) is 26.6 Å². The number of halogens is 1. The van der Waals surface area contributed by atoms with Crippen LogP contribution in [0.4, 0.5) is 0 Å². The number of unbranched alkanes of at least 4 members (excludes halogenated alkanes) is 1. The highest BCUT2D eigenvalue weighted by Crippen LogP contribution is 2.28. The van der Waals surface area contributed by atoms with Crippen molar-refractivity contribution in [3.8, 4) is 11.1 Å². The van der Waals surface area contributed by atoms with Gasteiger partial charge in [-0.3, -0.25) is 14.2 Å². The Balaban J connectivity index is 1.95. The molecule has 0 aliphatic carbocycles. The molecule has 1 N–H and O–H groups in total. The summed E-state index contributed by atoms with van der Waals surface area (Å²) < 4.78 is 3.09. The summed E-state index contributed by atoms with van der Waals surface area (Å²) in [6, 6.07) is 7.40. The molecule has 0 unspecified atom stereocenters. The molecule has 2 aromatic heterocycles. The lowest BCUT2D eigenvalue weighted by Crippen LogP contribution is -2.33.